The number of hydrogen-bond donors (Lipinski definition) is 0. The number of piperidine rings is 1. The maximum atomic E-state index is 14.2. The molecule has 3 saturated heterocycles. The Balaban J connectivity index is 0.944. The summed E-state index contributed by atoms with van der Waals surface area (Å²) in [5, 5.41) is 0. The maximum Gasteiger partial charge on any atom is 0.123 e. The van der Waals surface area contributed by atoms with E-state index in [4.69, 9.17) is 9.47 Å². The van der Waals surface area contributed by atoms with Gasteiger partial charge in [0.05, 0.1) is 31.3 Å². The molecule has 6 nitrogen and oxygen atoms in total. The smallest absolute Gasteiger partial charge is 0.123 e. The van der Waals surface area contributed by atoms with Crippen LogP contribution in [0, 0.1) is 16.6 Å². The fourth-order valence-corrected chi connectivity index (χ4v) is 7.49. The van der Waals surface area contributed by atoms with E-state index >= 15 is 0 Å². The zero-order chi connectivity index (χ0) is 23.5. The van der Waals surface area contributed by atoms with Crippen molar-refractivity contribution in [2.45, 2.75) is 63.0 Å². The minimum absolute atomic E-state index is 0.150. The van der Waals surface area contributed by atoms with Gasteiger partial charge in [0, 0.05) is 35.5 Å². The van der Waals surface area contributed by atoms with Crippen LogP contribution in [0.2, 0.25) is 0 Å². The largest absolute Gasteiger partial charge is 0.490 e. The number of rotatable bonds is 5. The standard InChI is InChI=1S/C28H35FN4O2/c29-21-1-2-26(35-24-11-28(12-24)17-34-18-28)25(9-21)20-4-7-32(8-5-20)22-3-6-27(10-22)15-33(16-27)23-13-30-19-31-14-23/h1-2,9,13-14,19-20,22,24H,3-8,10-12,15-18H2/t22-/m0/s1. The highest BCUT2D eigenvalue weighted by molar-refractivity contribution is 5.46. The SMILES string of the molecule is Fc1ccc(OC2CC3(COC3)C2)c(C2CCN([C@H]3CCC4(C3)CN(c3cncnc3)C4)CC2)c1. The Labute approximate surface area is 206 Å². The van der Waals surface area contributed by atoms with Crippen molar-refractivity contribution in [1.29, 1.82) is 0 Å². The monoisotopic (exact) mass is 478 g/mol. The van der Waals surface area contributed by atoms with Gasteiger partial charge in [-0.05, 0) is 82.2 Å². The summed E-state index contributed by atoms with van der Waals surface area (Å²) in [7, 11) is 0. The third-order valence-corrected chi connectivity index (χ3v) is 9.53. The quantitative estimate of drug-likeness (QED) is 0.635. The lowest BCUT2D eigenvalue weighted by Crippen LogP contribution is -2.56. The predicted octanol–water partition coefficient (Wildman–Crippen LogP) is 4.41. The molecule has 1 aromatic carbocycles. The summed E-state index contributed by atoms with van der Waals surface area (Å²) in [6.45, 7) is 6.21. The number of hydrogen-bond acceptors (Lipinski definition) is 6. The second-order valence-electron chi connectivity index (χ2n) is 12.0. The molecule has 186 valence electrons. The second kappa shape index (κ2) is 8.41. The number of ether oxygens (including phenoxy) is 2. The molecular formula is C28H35FN4O2. The lowest BCUT2D eigenvalue weighted by molar-refractivity contribution is -0.191. The van der Waals surface area contributed by atoms with E-state index in [-0.39, 0.29) is 11.9 Å². The van der Waals surface area contributed by atoms with Crippen LogP contribution in [0.15, 0.2) is 36.9 Å². The molecule has 2 aromatic rings. The minimum Gasteiger partial charge on any atom is -0.490 e. The van der Waals surface area contributed by atoms with E-state index < -0.39 is 0 Å². The fraction of sp³-hybridized carbons (Fsp3) is 0.643. The van der Waals surface area contributed by atoms with E-state index in [1.165, 1.54) is 19.3 Å². The lowest BCUT2D eigenvalue weighted by atomic mass is 9.65. The van der Waals surface area contributed by atoms with E-state index in [0.29, 0.717) is 22.8 Å². The zero-order valence-corrected chi connectivity index (χ0v) is 20.4. The molecule has 2 aliphatic carbocycles. The number of likely N-dealkylation sites (tertiary alicyclic amines) is 1. The van der Waals surface area contributed by atoms with Crippen molar-refractivity contribution in [3.05, 3.63) is 48.3 Å². The van der Waals surface area contributed by atoms with Crippen molar-refractivity contribution in [1.82, 2.24) is 14.9 Å². The van der Waals surface area contributed by atoms with Crippen LogP contribution in [0.3, 0.4) is 0 Å². The number of halogens is 1. The number of aromatic nitrogens is 2. The first kappa shape index (κ1) is 22.0. The van der Waals surface area contributed by atoms with Gasteiger partial charge in [-0.3, -0.25) is 0 Å². The number of anilines is 1. The third kappa shape index (κ3) is 4.01. The van der Waals surface area contributed by atoms with Crippen LogP contribution in [0.4, 0.5) is 10.1 Å². The van der Waals surface area contributed by atoms with Gasteiger partial charge in [-0.2, -0.15) is 0 Å². The number of benzene rings is 1. The van der Waals surface area contributed by atoms with Crippen LogP contribution in [0.1, 0.15) is 56.4 Å². The van der Waals surface area contributed by atoms with Crippen molar-refractivity contribution in [3.8, 4) is 5.75 Å². The summed E-state index contributed by atoms with van der Waals surface area (Å²) in [4.78, 5) is 13.5. The van der Waals surface area contributed by atoms with Crippen LogP contribution < -0.4 is 9.64 Å². The van der Waals surface area contributed by atoms with Crippen molar-refractivity contribution >= 4 is 5.69 Å². The van der Waals surface area contributed by atoms with Gasteiger partial charge in [-0.15, -0.1) is 0 Å². The summed E-state index contributed by atoms with van der Waals surface area (Å²) in [5.74, 6) is 1.14. The Morgan fingerprint density at radius 1 is 0.971 bits per heavy atom. The van der Waals surface area contributed by atoms with Gasteiger partial charge < -0.3 is 19.3 Å². The summed E-state index contributed by atoms with van der Waals surface area (Å²) in [5.41, 5.74) is 3.07. The Bertz CT molecular complexity index is 1060. The Hall–Kier alpha value is -2.25. The molecule has 0 unspecified atom stereocenters. The lowest BCUT2D eigenvalue weighted by Gasteiger charge is -2.52. The van der Waals surface area contributed by atoms with Gasteiger partial charge in [0.1, 0.15) is 24.0 Å². The molecule has 4 heterocycles. The van der Waals surface area contributed by atoms with Gasteiger partial charge in [-0.25, -0.2) is 14.4 Å². The molecule has 5 fully saturated rings. The summed E-state index contributed by atoms with van der Waals surface area (Å²) in [6.07, 6.45) is 13.9. The molecule has 2 saturated carbocycles. The van der Waals surface area contributed by atoms with Gasteiger partial charge in [-0.1, -0.05) is 0 Å². The topological polar surface area (TPSA) is 50.7 Å². The van der Waals surface area contributed by atoms with Crippen molar-refractivity contribution < 1.29 is 13.9 Å². The molecule has 0 N–H and O–H groups in total. The predicted molar refractivity (Wildman–Crippen MR) is 131 cm³/mol. The molecule has 5 aliphatic rings. The molecule has 1 aromatic heterocycles. The normalized spacial score (nSPS) is 28.0. The second-order valence-corrected chi connectivity index (χ2v) is 12.0. The van der Waals surface area contributed by atoms with E-state index in [1.807, 2.05) is 18.5 Å². The first-order chi connectivity index (χ1) is 17.1. The summed E-state index contributed by atoms with van der Waals surface area (Å²) >= 11 is 0. The van der Waals surface area contributed by atoms with Gasteiger partial charge >= 0.3 is 0 Å². The average Bonchev–Trinajstić information content (AvgIpc) is 3.26. The van der Waals surface area contributed by atoms with Crippen LogP contribution in [-0.4, -0.2) is 66.4 Å². The van der Waals surface area contributed by atoms with Crippen LogP contribution >= 0.6 is 0 Å². The fourth-order valence-electron chi connectivity index (χ4n) is 7.49. The van der Waals surface area contributed by atoms with Crippen LogP contribution in [-0.2, 0) is 4.74 Å². The summed E-state index contributed by atoms with van der Waals surface area (Å²) in [6, 6.07) is 5.83. The van der Waals surface area contributed by atoms with Crippen molar-refractivity contribution in [2.24, 2.45) is 10.8 Å². The Morgan fingerprint density at radius 2 is 1.74 bits per heavy atom. The molecule has 3 aliphatic heterocycles. The van der Waals surface area contributed by atoms with E-state index in [9.17, 15) is 4.39 Å². The van der Waals surface area contributed by atoms with Crippen LogP contribution in [0.25, 0.3) is 0 Å². The van der Waals surface area contributed by atoms with E-state index in [1.54, 1.807) is 18.5 Å². The molecule has 1 atom stereocenters. The van der Waals surface area contributed by atoms with Crippen molar-refractivity contribution in [2.75, 3.05) is 44.3 Å². The zero-order valence-electron chi connectivity index (χ0n) is 20.4. The first-order valence-corrected chi connectivity index (χ1v) is 13.4. The summed E-state index contributed by atoms with van der Waals surface area (Å²) < 4.78 is 26.0. The van der Waals surface area contributed by atoms with Gasteiger partial charge in [0.15, 0.2) is 0 Å². The van der Waals surface area contributed by atoms with Gasteiger partial charge in [0.2, 0.25) is 0 Å². The van der Waals surface area contributed by atoms with Crippen LogP contribution in [0.5, 0.6) is 5.75 Å². The highest BCUT2D eigenvalue weighted by atomic mass is 19.1. The number of nitrogens with zero attached hydrogens (tertiary/aromatic N) is 4. The molecule has 0 radical (unpaired) electrons. The third-order valence-electron chi connectivity index (χ3n) is 9.53. The molecule has 2 spiro atoms. The Kier molecular flexibility index (Phi) is 5.28. The molecular weight excluding hydrogens is 443 g/mol. The highest BCUT2D eigenvalue weighted by Gasteiger charge is 2.51. The molecule has 0 bridgehead atoms. The molecule has 7 rings (SSSR count). The van der Waals surface area contributed by atoms with Gasteiger partial charge in [0.25, 0.3) is 0 Å². The minimum atomic E-state index is -0.150. The maximum absolute atomic E-state index is 14.2. The van der Waals surface area contributed by atoms with E-state index in [2.05, 4.69) is 19.8 Å². The average molecular weight is 479 g/mol. The van der Waals surface area contributed by atoms with Crippen molar-refractivity contribution in [3.63, 3.8) is 0 Å². The molecule has 7 heteroatoms. The Morgan fingerprint density at radius 3 is 2.46 bits per heavy atom. The molecule has 35 heavy (non-hydrogen) atoms. The highest BCUT2D eigenvalue weighted by Crippen LogP contribution is 2.50. The molecule has 0 amide bonds. The first-order valence-electron chi connectivity index (χ1n) is 13.4. The van der Waals surface area contributed by atoms with E-state index in [0.717, 1.165) is 82.1 Å².